The van der Waals surface area contributed by atoms with Gasteiger partial charge in [-0.05, 0) is 28.1 Å². The van der Waals surface area contributed by atoms with Crippen LogP contribution < -0.4 is 4.74 Å². The molecule has 0 bridgehead atoms. The van der Waals surface area contributed by atoms with Crippen molar-refractivity contribution in [2.45, 2.75) is 12.5 Å². The van der Waals surface area contributed by atoms with Crippen LogP contribution in [0.5, 0.6) is 5.88 Å². The van der Waals surface area contributed by atoms with Crippen molar-refractivity contribution >= 4 is 15.9 Å². The van der Waals surface area contributed by atoms with Crippen LogP contribution in [-0.2, 0) is 6.42 Å². The van der Waals surface area contributed by atoms with Gasteiger partial charge in [-0.3, -0.25) is 4.98 Å². The molecule has 0 saturated heterocycles. The highest BCUT2D eigenvalue weighted by molar-refractivity contribution is 9.10. The van der Waals surface area contributed by atoms with Gasteiger partial charge in [-0.1, -0.05) is 0 Å². The topological polar surface area (TPSA) is 68.1 Å². The number of nitrogens with zero attached hydrogens (tertiary/aromatic N) is 3. The molecule has 0 aliphatic rings. The Kier molecular flexibility index (Phi) is 4.22. The van der Waals surface area contributed by atoms with E-state index in [1.807, 2.05) is 12.1 Å². The first-order valence-corrected chi connectivity index (χ1v) is 6.13. The molecular formula is C12H12BrN3O2. The van der Waals surface area contributed by atoms with E-state index in [1.165, 1.54) is 13.4 Å². The SMILES string of the molecule is COc1cc(C(O)Cc2ccc(Br)cn2)ncn1. The van der Waals surface area contributed by atoms with E-state index in [4.69, 9.17) is 4.74 Å². The summed E-state index contributed by atoms with van der Waals surface area (Å²) in [5.74, 6) is 0.433. The highest BCUT2D eigenvalue weighted by Gasteiger charge is 2.12. The average Bonchev–Trinajstić information content (AvgIpc) is 2.41. The Morgan fingerprint density at radius 1 is 1.33 bits per heavy atom. The van der Waals surface area contributed by atoms with Crippen molar-refractivity contribution in [1.82, 2.24) is 15.0 Å². The van der Waals surface area contributed by atoms with E-state index in [0.29, 0.717) is 18.0 Å². The fourth-order valence-electron chi connectivity index (χ4n) is 1.48. The molecule has 94 valence electrons. The standard InChI is InChI=1S/C12H12BrN3O2/c1-18-12-5-10(15-7-16-12)11(17)4-9-3-2-8(13)6-14-9/h2-3,5-7,11,17H,4H2,1H3. The number of hydrogen-bond acceptors (Lipinski definition) is 5. The van der Waals surface area contributed by atoms with Crippen molar-refractivity contribution in [3.05, 3.63) is 46.6 Å². The van der Waals surface area contributed by atoms with E-state index < -0.39 is 6.10 Å². The van der Waals surface area contributed by atoms with Crippen LogP contribution in [0.3, 0.4) is 0 Å². The highest BCUT2D eigenvalue weighted by atomic mass is 79.9. The Bertz CT molecular complexity index is 519. The summed E-state index contributed by atoms with van der Waals surface area (Å²) >= 11 is 3.31. The zero-order chi connectivity index (χ0) is 13.0. The van der Waals surface area contributed by atoms with E-state index in [2.05, 4.69) is 30.9 Å². The summed E-state index contributed by atoms with van der Waals surface area (Å²) in [6.07, 6.45) is 2.73. The molecule has 2 rings (SSSR count). The zero-order valence-electron chi connectivity index (χ0n) is 9.75. The second-order valence-corrected chi connectivity index (χ2v) is 4.59. The molecule has 6 heteroatoms. The zero-order valence-corrected chi connectivity index (χ0v) is 11.3. The van der Waals surface area contributed by atoms with Gasteiger partial charge in [0.15, 0.2) is 0 Å². The number of ether oxygens (including phenoxy) is 1. The summed E-state index contributed by atoms with van der Waals surface area (Å²) < 4.78 is 5.89. The number of aromatic nitrogens is 3. The molecule has 0 aliphatic heterocycles. The lowest BCUT2D eigenvalue weighted by atomic mass is 10.1. The van der Waals surface area contributed by atoms with Gasteiger partial charge in [0, 0.05) is 28.9 Å². The second-order valence-electron chi connectivity index (χ2n) is 3.67. The van der Waals surface area contributed by atoms with E-state index in [1.54, 1.807) is 12.3 Å². The molecule has 1 unspecified atom stereocenters. The van der Waals surface area contributed by atoms with Gasteiger partial charge in [-0.15, -0.1) is 0 Å². The minimum Gasteiger partial charge on any atom is -0.481 e. The Hall–Kier alpha value is -1.53. The number of rotatable bonds is 4. The van der Waals surface area contributed by atoms with Crippen molar-refractivity contribution in [2.75, 3.05) is 7.11 Å². The molecule has 0 spiro atoms. The Balaban J connectivity index is 2.11. The summed E-state index contributed by atoms with van der Waals surface area (Å²) in [5.41, 5.74) is 1.31. The van der Waals surface area contributed by atoms with Gasteiger partial charge >= 0.3 is 0 Å². The van der Waals surface area contributed by atoms with E-state index in [-0.39, 0.29) is 0 Å². The lowest BCUT2D eigenvalue weighted by molar-refractivity contribution is 0.171. The van der Waals surface area contributed by atoms with Gasteiger partial charge in [0.2, 0.25) is 5.88 Å². The normalized spacial score (nSPS) is 12.2. The number of halogens is 1. The van der Waals surface area contributed by atoms with Crippen molar-refractivity contribution in [3.63, 3.8) is 0 Å². The van der Waals surface area contributed by atoms with Crippen LogP contribution in [-0.4, -0.2) is 27.2 Å². The molecule has 18 heavy (non-hydrogen) atoms. The number of methoxy groups -OCH3 is 1. The third kappa shape index (κ3) is 3.24. The first kappa shape index (κ1) is 12.9. The van der Waals surface area contributed by atoms with Crippen LogP contribution in [0.4, 0.5) is 0 Å². The summed E-state index contributed by atoms with van der Waals surface area (Å²) in [7, 11) is 1.52. The summed E-state index contributed by atoms with van der Waals surface area (Å²) in [4.78, 5) is 12.1. The van der Waals surface area contributed by atoms with E-state index in [9.17, 15) is 5.11 Å². The third-order valence-electron chi connectivity index (χ3n) is 2.40. The first-order chi connectivity index (χ1) is 8.69. The lowest BCUT2D eigenvalue weighted by Crippen LogP contribution is -2.06. The van der Waals surface area contributed by atoms with E-state index in [0.717, 1.165) is 10.2 Å². The van der Waals surface area contributed by atoms with Crippen LogP contribution in [0.15, 0.2) is 35.2 Å². The van der Waals surface area contributed by atoms with Gasteiger partial charge in [-0.2, -0.15) is 0 Å². The molecule has 1 N–H and O–H groups in total. The minimum atomic E-state index is -0.726. The summed E-state index contributed by atoms with van der Waals surface area (Å²) in [5, 5.41) is 10.1. The van der Waals surface area contributed by atoms with Crippen LogP contribution in [0, 0.1) is 0 Å². The molecule has 0 saturated carbocycles. The Morgan fingerprint density at radius 3 is 2.83 bits per heavy atom. The first-order valence-electron chi connectivity index (χ1n) is 5.33. The number of hydrogen-bond donors (Lipinski definition) is 1. The predicted molar refractivity (Wildman–Crippen MR) is 69.2 cm³/mol. The molecule has 0 radical (unpaired) electrons. The van der Waals surface area contributed by atoms with E-state index >= 15 is 0 Å². The van der Waals surface area contributed by atoms with Gasteiger partial charge in [0.05, 0.1) is 12.8 Å². The van der Waals surface area contributed by atoms with Crippen molar-refractivity contribution in [3.8, 4) is 5.88 Å². The molecule has 2 aromatic heterocycles. The van der Waals surface area contributed by atoms with Gasteiger partial charge < -0.3 is 9.84 Å². The minimum absolute atomic E-state index is 0.396. The Morgan fingerprint density at radius 2 is 2.17 bits per heavy atom. The number of pyridine rings is 1. The fourth-order valence-corrected chi connectivity index (χ4v) is 1.71. The van der Waals surface area contributed by atoms with Crippen LogP contribution in [0.2, 0.25) is 0 Å². The highest BCUT2D eigenvalue weighted by Crippen LogP contribution is 2.18. The van der Waals surface area contributed by atoms with Gasteiger partial charge in [0.25, 0.3) is 0 Å². The Labute approximate surface area is 113 Å². The van der Waals surface area contributed by atoms with Crippen LogP contribution in [0.1, 0.15) is 17.5 Å². The van der Waals surface area contributed by atoms with Crippen LogP contribution >= 0.6 is 15.9 Å². The molecular weight excluding hydrogens is 298 g/mol. The predicted octanol–water partition coefficient (Wildman–Crippen LogP) is 1.92. The summed E-state index contributed by atoms with van der Waals surface area (Å²) in [6, 6.07) is 5.35. The quantitative estimate of drug-likeness (QED) is 0.934. The monoisotopic (exact) mass is 309 g/mol. The number of aliphatic hydroxyl groups excluding tert-OH is 1. The second kappa shape index (κ2) is 5.88. The van der Waals surface area contributed by atoms with Crippen molar-refractivity contribution in [1.29, 1.82) is 0 Å². The fraction of sp³-hybridized carbons (Fsp3) is 0.250. The summed E-state index contributed by atoms with van der Waals surface area (Å²) in [6.45, 7) is 0. The van der Waals surface area contributed by atoms with Crippen LogP contribution in [0.25, 0.3) is 0 Å². The molecule has 0 aromatic carbocycles. The lowest BCUT2D eigenvalue weighted by Gasteiger charge is -2.10. The maximum absolute atomic E-state index is 10.1. The molecule has 0 amide bonds. The van der Waals surface area contributed by atoms with Gasteiger partial charge in [-0.25, -0.2) is 9.97 Å². The molecule has 2 heterocycles. The maximum atomic E-state index is 10.1. The molecule has 0 aliphatic carbocycles. The molecule has 1 atom stereocenters. The smallest absolute Gasteiger partial charge is 0.216 e. The van der Waals surface area contributed by atoms with Gasteiger partial charge in [0.1, 0.15) is 12.4 Å². The molecule has 0 fully saturated rings. The third-order valence-corrected chi connectivity index (χ3v) is 2.87. The van der Waals surface area contributed by atoms with Crippen molar-refractivity contribution in [2.24, 2.45) is 0 Å². The number of aliphatic hydroxyl groups is 1. The maximum Gasteiger partial charge on any atom is 0.216 e. The van der Waals surface area contributed by atoms with Crippen molar-refractivity contribution < 1.29 is 9.84 Å². The molecule has 2 aromatic rings. The average molecular weight is 310 g/mol. The largest absolute Gasteiger partial charge is 0.481 e. The molecule has 5 nitrogen and oxygen atoms in total.